The zero-order valence-electron chi connectivity index (χ0n) is 13.4. The number of imide groups is 1. The van der Waals surface area contributed by atoms with Crippen LogP contribution < -0.4 is 10.2 Å². The standard InChI is InChI=1S/C18H13ClN4O2S/c19-13-8-4-5-9-14(13)23-16(24)10-15(17(23)25)26-18(21-11-20)22-12-6-2-1-3-7-12/h1-9,15H,10H2,(H,21,22)/t15-/m0/s1. The number of carbonyl (C=O) groups is 2. The minimum atomic E-state index is -0.679. The van der Waals surface area contributed by atoms with E-state index in [0.29, 0.717) is 16.4 Å². The van der Waals surface area contributed by atoms with Crippen molar-refractivity contribution in [1.29, 1.82) is 5.26 Å². The Kier molecular flexibility index (Phi) is 5.56. The van der Waals surface area contributed by atoms with E-state index >= 15 is 0 Å². The van der Waals surface area contributed by atoms with Crippen LogP contribution in [0.1, 0.15) is 6.42 Å². The quantitative estimate of drug-likeness (QED) is 0.288. The molecule has 1 saturated heterocycles. The van der Waals surface area contributed by atoms with Crippen LogP contribution in [0.3, 0.4) is 0 Å². The summed E-state index contributed by atoms with van der Waals surface area (Å²) in [5.41, 5.74) is 1.000. The largest absolute Gasteiger partial charge is 0.274 e. The van der Waals surface area contributed by atoms with Gasteiger partial charge in [0.25, 0.3) is 0 Å². The molecule has 0 spiro atoms. The van der Waals surface area contributed by atoms with Crippen molar-refractivity contribution in [2.75, 3.05) is 4.90 Å². The number of nitriles is 1. The van der Waals surface area contributed by atoms with Gasteiger partial charge in [0.2, 0.25) is 11.8 Å². The van der Waals surface area contributed by atoms with E-state index < -0.39 is 5.25 Å². The van der Waals surface area contributed by atoms with Crippen molar-refractivity contribution in [2.45, 2.75) is 11.7 Å². The molecule has 0 aliphatic carbocycles. The van der Waals surface area contributed by atoms with Crippen LogP contribution in [0.2, 0.25) is 5.02 Å². The van der Waals surface area contributed by atoms with E-state index in [9.17, 15) is 9.59 Å². The highest BCUT2D eigenvalue weighted by Gasteiger charge is 2.41. The maximum atomic E-state index is 12.7. The van der Waals surface area contributed by atoms with E-state index in [1.54, 1.807) is 36.4 Å². The number of hydrogen-bond acceptors (Lipinski definition) is 5. The lowest BCUT2D eigenvalue weighted by atomic mass is 10.3. The van der Waals surface area contributed by atoms with E-state index in [-0.39, 0.29) is 23.4 Å². The van der Waals surface area contributed by atoms with E-state index in [0.717, 1.165) is 16.7 Å². The van der Waals surface area contributed by atoms with Crippen molar-refractivity contribution in [3.05, 3.63) is 59.6 Å². The summed E-state index contributed by atoms with van der Waals surface area (Å²) < 4.78 is 0. The zero-order valence-corrected chi connectivity index (χ0v) is 15.0. The Bertz CT molecular complexity index is 911. The maximum Gasteiger partial charge on any atom is 0.247 e. The van der Waals surface area contributed by atoms with Gasteiger partial charge in [0.1, 0.15) is 5.25 Å². The van der Waals surface area contributed by atoms with Gasteiger partial charge in [0, 0.05) is 6.42 Å². The molecule has 1 atom stereocenters. The summed E-state index contributed by atoms with van der Waals surface area (Å²) in [5.74, 6) is -0.717. The van der Waals surface area contributed by atoms with E-state index in [1.807, 2.05) is 24.4 Å². The number of nitrogens with one attached hydrogen (secondary N) is 1. The number of carbonyl (C=O) groups excluding carboxylic acids is 2. The molecule has 1 fully saturated rings. The number of amides is 2. The number of amidine groups is 1. The lowest BCUT2D eigenvalue weighted by Crippen LogP contribution is -2.32. The van der Waals surface area contributed by atoms with E-state index in [2.05, 4.69) is 10.3 Å². The maximum absolute atomic E-state index is 12.7. The van der Waals surface area contributed by atoms with Crippen LogP contribution in [-0.4, -0.2) is 22.2 Å². The Morgan fingerprint density at radius 3 is 2.58 bits per heavy atom. The predicted octanol–water partition coefficient (Wildman–Crippen LogP) is 3.46. The van der Waals surface area contributed by atoms with Gasteiger partial charge in [-0.3, -0.25) is 14.9 Å². The number of rotatable bonds is 3. The Morgan fingerprint density at radius 2 is 1.88 bits per heavy atom. The molecule has 130 valence electrons. The molecule has 3 rings (SSSR count). The van der Waals surface area contributed by atoms with Crippen molar-refractivity contribution in [3.63, 3.8) is 0 Å². The minimum absolute atomic E-state index is 0.00956. The van der Waals surface area contributed by atoms with Crippen molar-refractivity contribution in [3.8, 4) is 6.19 Å². The fourth-order valence-corrected chi connectivity index (χ4v) is 3.65. The van der Waals surface area contributed by atoms with Crippen LogP contribution in [0.5, 0.6) is 0 Å². The highest BCUT2D eigenvalue weighted by Crippen LogP contribution is 2.34. The van der Waals surface area contributed by atoms with Crippen molar-refractivity contribution in [1.82, 2.24) is 5.32 Å². The molecule has 0 unspecified atom stereocenters. The molecular weight excluding hydrogens is 372 g/mol. The van der Waals surface area contributed by atoms with Gasteiger partial charge in [-0.15, -0.1) is 0 Å². The molecule has 0 aromatic heterocycles. The summed E-state index contributed by atoms with van der Waals surface area (Å²) in [6.45, 7) is 0. The normalized spacial score (nSPS) is 17.3. The molecule has 0 radical (unpaired) electrons. The molecule has 2 aromatic rings. The molecule has 2 aromatic carbocycles. The van der Waals surface area contributed by atoms with E-state index in [4.69, 9.17) is 16.9 Å². The molecule has 6 nitrogen and oxygen atoms in total. The molecule has 1 N–H and O–H groups in total. The molecule has 1 heterocycles. The van der Waals surface area contributed by atoms with Crippen molar-refractivity contribution < 1.29 is 9.59 Å². The van der Waals surface area contributed by atoms with E-state index in [1.165, 1.54) is 0 Å². The second-order valence-electron chi connectivity index (χ2n) is 5.32. The van der Waals surface area contributed by atoms with Gasteiger partial charge >= 0.3 is 0 Å². The lowest BCUT2D eigenvalue weighted by molar-refractivity contribution is -0.121. The molecule has 1 aliphatic heterocycles. The SMILES string of the molecule is N#CNC(=Nc1ccccc1)S[C@H]1CC(=O)N(c2ccccc2Cl)C1=O. The Morgan fingerprint density at radius 1 is 1.19 bits per heavy atom. The summed E-state index contributed by atoms with van der Waals surface area (Å²) in [5, 5.41) is 11.3. The fourth-order valence-electron chi connectivity index (χ4n) is 2.47. The van der Waals surface area contributed by atoms with Crippen LogP contribution in [-0.2, 0) is 9.59 Å². The summed E-state index contributed by atoms with van der Waals surface area (Å²) in [6.07, 6.45) is 1.82. The number of thioether (sulfide) groups is 1. The lowest BCUT2D eigenvalue weighted by Gasteiger charge is -2.16. The summed E-state index contributed by atoms with van der Waals surface area (Å²) in [6, 6.07) is 15.7. The molecule has 26 heavy (non-hydrogen) atoms. The first-order chi connectivity index (χ1) is 12.6. The number of anilines is 1. The van der Waals surface area contributed by atoms with Gasteiger partial charge in [-0.25, -0.2) is 9.89 Å². The average molecular weight is 385 g/mol. The monoisotopic (exact) mass is 384 g/mol. The molecule has 0 saturated carbocycles. The molecule has 1 aliphatic rings. The van der Waals surface area contributed by atoms with Crippen LogP contribution in [0, 0.1) is 11.5 Å². The second kappa shape index (κ2) is 8.04. The number of hydrogen-bond donors (Lipinski definition) is 1. The number of para-hydroxylation sites is 2. The number of nitrogens with zero attached hydrogens (tertiary/aromatic N) is 3. The number of benzene rings is 2. The predicted molar refractivity (Wildman–Crippen MR) is 102 cm³/mol. The summed E-state index contributed by atoms with van der Waals surface area (Å²) in [4.78, 5) is 30.5. The van der Waals surface area contributed by atoms with Crippen LogP contribution in [0.15, 0.2) is 59.6 Å². The van der Waals surface area contributed by atoms with Gasteiger partial charge in [-0.2, -0.15) is 5.26 Å². The van der Waals surface area contributed by atoms with Crippen LogP contribution >= 0.6 is 23.4 Å². The van der Waals surface area contributed by atoms with Crippen LogP contribution in [0.25, 0.3) is 0 Å². The first-order valence-corrected chi connectivity index (χ1v) is 8.92. The van der Waals surface area contributed by atoms with Crippen molar-refractivity contribution >= 4 is 51.7 Å². The van der Waals surface area contributed by atoms with Crippen LogP contribution in [0.4, 0.5) is 11.4 Å². The third-order valence-electron chi connectivity index (χ3n) is 3.60. The third kappa shape index (κ3) is 3.87. The van der Waals surface area contributed by atoms with Crippen molar-refractivity contribution in [2.24, 2.45) is 4.99 Å². The van der Waals surface area contributed by atoms with Gasteiger partial charge in [0.05, 0.1) is 16.4 Å². The van der Waals surface area contributed by atoms with Gasteiger partial charge in [-0.05, 0) is 24.3 Å². The summed E-state index contributed by atoms with van der Waals surface area (Å²) >= 11 is 7.16. The third-order valence-corrected chi connectivity index (χ3v) is 4.99. The molecule has 2 amide bonds. The number of halogens is 1. The second-order valence-corrected chi connectivity index (χ2v) is 6.92. The fraction of sp³-hybridized carbons (Fsp3) is 0.111. The highest BCUT2D eigenvalue weighted by atomic mass is 35.5. The van der Waals surface area contributed by atoms with Gasteiger partial charge in [-0.1, -0.05) is 53.7 Å². The smallest absolute Gasteiger partial charge is 0.247 e. The minimum Gasteiger partial charge on any atom is -0.274 e. The molecule has 0 bridgehead atoms. The first kappa shape index (κ1) is 18.0. The average Bonchev–Trinajstić information content (AvgIpc) is 2.90. The first-order valence-electron chi connectivity index (χ1n) is 7.67. The number of aliphatic imine (C=N–C) groups is 1. The van der Waals surface area contributed by atoms with Gasteiger partial charge < -0.3 is 0 Å². The molecular formula is C18H13ClN4O2S. The highest BCUT2D eigenvalue weighted by molar-refractivity contribution is 8.15. The Hall–Kier alpha value is -2.82. The zero-order chi connectivity index (χ0) is 18.5. The summed E-state index contributed by atoms with van der Waals surface area (Å²) in [7, 11) is 0. The topological polar surface area (TPSA) is 85.6 Å². The van der Waals surface area contributed by atoms with Gasteiger partial charge in [0.15, 0.2) is 11.4 Å². The molecule has 8 heteroatoms. The Balaban J connectivity index is 1.82. The Labute approximate surface area is 159 Å².